The molecular weight excluding hydrogens is 352 g/mol. The summed E-state index contributed by atoms with van der Waals surface area (Å²) in [4.78, 5) is 28.8. The number of benzene rings is 1. The predicted octanol–water partition coefficient (Wildman–Crippen LogP) is 2.01. The van der Waals surface area contributed by atoms with Gasteiger partial charge in [-0.15, -0.1) is 6.58 Å². The highest BCUT2D eigenvalue weighted by atomic mass is 16.2. The van der Waals surface area contributed by atoms with E-state index in [1.54, 1.807) is 6.08 Å². The molecule has 0 bridgehead atoms. The van der Waals surface area contributed by atoms with Crippen molar-refractivity contribution in [2.75, 3.05) is 44.7 Å². The minimum Gasteiger partial charge on any atom is -0.374 e. The smallest absolute Gasteiger partial charge is 0.309 e. The third-order valence-corrected chi connectivity index (χ3v) is 5.74. The van der Waals surface area contributed by atoms with Gasteiger partial charge in [0.25, 0.3) is 0 Å². The minimum absolute atomic E-state index is 0.0917. The summed E-state index contributed by atoms with van der Waals surface area (Å²) in [5, 5.41) is 5.37. The van der Waals surface area contributed by atoms with E-state index in [-0.39, 0.29) is 6.04 Å². The minimum atomic E-state index is -0.607. The molecule has 0 spiro atoms. The van der Waals surface area contributed by atoms with Crippen molar-refractivity contribution >= 4 is 17.5 Å². The zero-order chi connectivity index (χ0) is 19.9. The lowest BCUT2D eigenvalue weighted by atomic mass is 9.95. The number of carbonyl (C=O) groups excluding carboxylic acids is 2. The Balaban J connectivity index is 1.75. The van der Waals surface area contributed by atoms with Crippen LogP contribution in [0.15, 0.2) is 30.9 Å². The largest absolute Gasteiger partial charge is 0.374 e. The van der Waals surface area contributed by atoms with E-state index in [2.05, 4.69) is 52.3 Å². The summed E-state index contributed by atoms with van der Waals surface area (Å²) in [6.07, 6.45) is 7.44. The molecule has 1 saturated heterocycles. The predicted molar refractivity (Wildman–Crippen MR) is 112 cm³/mol. The molecule has 0 aromatic heterocycles. The molecule has 0 saturated carbocycles. The summed E-state index contributed by atoms with van der Waals surface area (Å²) in [5.74, 6) is -1.19. The molecule has 152 valence electrons. The Bertz CT molecular complexity index is 712. The van der Waals surface area contributed by atoms with Gasteiger partial charge in [0.2, 0.25) is 0 Å². The number of likely N-dealkylation sites (tertiary alicyclic amines) is 1. The highest BCUT2D eigenvalue weighted by molar-refractivity contribution is 6.35. The van der Waals surface area contributed by atoms with Crippen LogP contribution in [0.5, 0.6) is 0 Å². The number of piperidine rings is 1. The van der Waals surface area contributed by atoms with Gasteiger partial charge in [0.05, 0.1) is 6.04 Å². The van der Waals surface area contributed by atoms with Gasteiger partial charge in [0.15, 0.2) is 0 Å². The first-order valence-electron chi connectivity index (χ1n) is 10.3. The van der Waals surface area contributed by atoms with Gasteiger partial charge in [-0.1, -0.05) is 24.6 Å². The van der Waals surface area contributed by atoms with Crippen molar-refractivity contribution in [1.29, 1.82) is 0 Å². The van der Waals surface area contributed by atoms with E-state index < -0.39 is 11.8 Å². The quantitative estimate of drug-likeness (QED) is 0.582. The molecule has 3 rings (SSSR count). The average Bonchev–Trinajstić information content (AvgIpc) is 2.73. The molecule has 2 amide bonds. The van der Waals surface area contributed by atoms with E-state index in [0.29, 0.717) is 13.1 Å². The van der Waals surface area contributed by atoms with Crippen molar-refractivity contribution in [3.05, 3.63) is 42.0 Å². The van der Waals surface area contributed by atoms with E-state index in [1.165, 1.54) is 42.5 Å². The Morgan fingerprint density at radius 2 is 1.86 bits per heavy atom. The zero-order valence-electron chi connectivity index (χ0n) is 16.9. The Kier molecular flexibility index (Phi) is 7.09. The van der Waals surface area contributed by atoms with E-state index >= 15 is 0 Å². The first-order chi connectivity index (χ1) is 13.6. The van der Waals surface area contributed by atoms with Crippen LogP contribution in [0.25, 0.3) is 0 Å². The summed E-state index contributed by atoms with van der Waals surface area (Å²) in [7, 11) is 2.14. The number of amides is 2. The van der Waals surface area contributed by atoms with Crippen LogP contribution in [0.3, 0.4) is 0 Å². The van der Waals surface area contributed by atoms with Crippen molar-refractivity contribution in [2.45, 2.75) is 38.1 Å². The highest BCUT2D eigenvalue weighted by Crippen LogP contribution is 2.31. The second-order valence-corrected chi connectivity index (χ2v) is 7.73. The van der Waals surface area contributed by atoms with Crippen LogP contribution in [0.4, 0.5) is 5.69 Å². The maximum Gasteiger partial charge on any atom is 0.309 e. The van der Waals surface area contributed by atoms with Crippen molar-refractivity contribution in [3.8, 4) is 0 Å². The molecule has 6 heteroatoms. The molecule has 1 atom stereocenters. The van der Waals surface area contributed by atoms with Gasteiger partial charge in [-0.25, -0.2) is 0 Å². The molecule has 2 aliphatic heterocycles. The van der Waals surface area contributed by atoms with Gasteiger partial charge in [0, 0.05) is 32.4 Å². The third kappa shape index (κ3) is 4.93. The summed E-state index contributed by atoms with van der Waals surface area (Å²) in [5.41, 5.74) is 3.91. The Morgan fingerprint density at radius 1 is 1.11 bits per heavy atom. The number of nitrogens with zero attached hydrogens (tertiary/aromatic N) is 2. The van der Waals surface area contributed by atoms with Crippen molar-refractivity contribution in [1.82, 2.24) is 15.5 Å². The van der Waals surface area contributed by atoms with E-state index in [9.17, 15) is 9.59 Å². The molecule has 6 nitrogen and oxygen atoms in total. The van der Waals surface area contributed by atoms with Crippen LogP contribution in [0.2, 0.25) is 0 Å². The number of hydrogen-bond acceptors (Lipinski definition) is 4. The Hall–Kier alpha value is -2.34. The van der Waals surface area contributed by atoms with Crippen LogP contribution in [0, 0.1) is 0 Å². The van der Waals surface area contributed by atoms with Crippen LogP contribution in [-0.2, 0) is 16.0 Å². The first kappa shape index (κ1) is 20.4. The average molecular weight is 385 g/mol. The number of aryl methyl sites for hydroxylation is 1. The standard InChI is InChI=1S/C22H32N4O2/c1-3-11-23-21(27)22(28)24-16-20(26-13-5-4-6-14-26)18-9-10-19-17(15-18)8-7-12-25(19)2/h3,9-10,15,20H,1,4-8,11-14,16H2,2H3,(H,23,27)(H,24,28). The number of carbonyl (C=O) groups is 2. The van der Waals surface area contributed by atoms with E-state index in [0.717, 1.165) is 26.1 Å². The van der Waals surface area contributed by atoms with Crippen molar-refractivity contribution < 1.29 is 9.59 Å². The third-order valence-electron chi connectivity index (χ3n) is 5.74. The van der Waals surface area contributed by atoms with Gasteiger partial charge in [-0.05, 0) is 56.0 Å². The molecule has 28 heavy (non-hydrogen) atoms. The molecule has 2 aliphatic rings. The van der Waals surface area contributed by atoms with Gasteiger partial charge in [-0.2, -0.15) is 0 Å². The number of anilines is 1. The summed E-state index contributed by atoms with van der Waals surface area (Å²) < 4.78 is 0. The summed E-state index contributed by atoms with van der Waals surface area (Å²) >= 11 is 0. The SMILES string of the molecule is C=CCNC(=O)C(=O)NCC(c1ccc2c(c1)CCCN2C)N1CCCCC1. The Labute approximate surface area is 168 Å². The normalized spacial score (nSPS) is 18.1. The van der Waals surface area contributed by atoms with Crippen molar-refractivity contribution in [3.63, 3.8) is 0 Å². The van der Waals surface area contributed by atoms with Gasteiger partial charge < -0.3 is 15.5 Å². The first-order valence-corrected chi connectivity index (χ1v) is 10.3. The topological polar surface area (TPSA) is 64.7 Å². The molecule has 2 heterocycles. The molecule has 1 aromatic rings. The fourth-order valence-corrected chi connectivity index (χ4v) is 4.22. The second kappa shape index (κ2) is 9.73. The van der Waals surface area contributed by atoms with Gasteiger partial charge in [0.1, 0.15) is 0 Å². The number of fused-ring (bicyclic) bond motifs is 1. The van der Waals surface area contributed by atoms with Gasteiger partial charge in [-0.3, -0.25) is 14.5 Å². The van der Waals surface area contributed by atoms with E-state index in [4.69, 9.17) is 0 Å². The molecular formula is C22H32N4O2. The number of hydrogen-bond donors (Lipinski definition) is 2. The lowest BCUT2D eigenvalue weighted by Crippen LogP contribution is -2.45. The van der Waals surface area contributed by atoms with Crippen LogP contribution in [-0.4, -0.2) is 56.5 Å². The zero-order valence-corrected chi connectivity index (χ0v) is 16.9. The van der Waals surface area contributed by atoms with Crippen LogP contribution >= 0.6 is 0 Å². The maximum atomic E-state index is 12.2. The molecule has 2 N–H and O–H groups in total. The van der Waals surface area contributed by atoms with Crippen LogP contribution < -0.4 is 15.5 Å². The molecule has 0 radical (unpaired) electrons. The molecule has 1 fully saturated rings. The fraction of sp³-hybridized carbons (Fsp3) is 0.545. The molecule has 0 aliphatic carbocycles. The molecule has 1 aromatic carbocycles. The van der Waals surface area contributed by atoms with Gasteiger partial charge >= 0.3 is 11.8 Å². The lowest BCUT2D eigenvalue weighted by molar-refractivity contribution is -0.139. The highest BCUT2D eigenvalue weighted by Gasteiger charge is 2.25. The fourth-order valence-electron chi connectivity index (χ4n) is 4.22. The molecule has 1 unspecified atom stereocenters. The van der Waals surface area contributed by atoms with Crippen LogP contribution in [0.1, 0.15) is 42.9 Å². The Morgan fingerprint density at radius 3 is 2.61 bits per heavy atom. The number of rotatable bonds is 6. The summed E-state index contributed by atoms with van der Waals surface area (Å²) in [6, 6.07) is 6.78. The lowest BCUT2D eigenvalue weighted by Gasteiger charge is -2.36. The second-order valence-electron chi connectivity index (χ2n) is 7.73. The maximum absolute atomic E-state index is 12.2. The van der Waals surface area contributed by atoms with E-state index in [1.807, 2.05) is 0 Å². The monoisotopic (exact) mass is 384 g/mol. The number of nitrogens with one attached hydrogen (secondary N) is 2. The van der Waals surface area contributed by atoms with Crippen molar-refractivity contribution in [2.24, 2.45) is 0 Å². The summed E-state index contributed by atoms with van der Waals surface area (Å²) in [6.45, 7) is 7.43.